The lowest BCUT2D eigenvalue weighted by Gasteiger charge is -2.36. The fourth-order valence-corrected chi connectivity index (χ4v) is 3.88. The van der Waals surface area contributed by atoms with E-state index in [0.29, 0.717) is 11.3 Å². The van der Waals surface area contributed by atoms with Gasteiger partial charge < -0.3 is 15.0 Å². The lowest BCUT2D eigenvalue weighted by Crippen LogP contribution is -2.50. The minimum Gasteiger partial charge on any atom is -0.373 e. The first-order valence-electron chi connectivity index (χ1n) is 9.67. The smallest absolute Gasteiger partial charge is 0.194 e. The Hall–Kier alpha value is -1.24. The monoisotopic (exact) mass is 376 g/mol. The molecule has 2 aliphatic rings. The lowest BCUT2D eigenvalue weighted by molar-refractivity contribution is -0.0502. The van der Waals surface area contributed by atoms with E-state index in [-0.39, 0.29) is 6.10 Å². The van der Waals surface area contributed by atoms with E-state index < -0.39 is 0 Å². The van der Waals surface area contributed by atoms with Crippen molar-refractivity contribution in [1.82, 2.24) is 15.1 Å². The molecule has 0 spiro atoms. The van der Waals surface area contributed by atoms with E-state index in [9.17, 15) is 0 Å². The van der Waals surface area contributed by atoms with Crippen molar-refractivity contribution in [3.63, 3.8) is 0 Å². The number of aliphatic imine (C=N–C) groups is 1. The predicted octanol–water partition coefficient (Wildman–Crippen LogP) is 2.29. The summed E-state index contributed by atoms with van der Waals surface area (Å²) in [6.07, 6.45) is 2.42. The Kier molecular flexibility index (Phi) is 7.23. The minimum absolute atomic E-state index is 0.272. The lowest BCUT2D eigenvalue weighted by atomic mass is 10.1. The first kappa shape index (κ1) is 19.5. The van der Waals surface area contributed by atoms with Crippen molar-refractivity contribution in [2.45, 2.75) is 37.8 Å². The Morgan fingerprint density at radius 3 is 2.88 bits per heavy atom. The van der Waals surface area contributed by atoms with E-state index in [1.54, 1.807) is 0 Å². The summed E-state index contributed by atoms with van der Waals surface area (Å²) in [5, 5.41) is 4.01. The summed E-state index contributed by atoms with van der Waals surface area (Å²) < 4.78 is 6.10. The molecule has 0 aromatic heterocycles. The molecule has 0 radical (unpaired) electrons. The van der Waals surface area contributed by atoms with Gasteiger partial charge in [-0.2, -0.15) is 11.8 Å². The molecule has 26 heavy (non-hydrogen) atoms. The van der Waals surface area contributed by atoms with Gasteiger partial charge >= 0.3 is 0 Å². The predicted molar refractivity (Wildman–Crippen MR) is 111 cm³/mol. The number of fused-ring (bicyclic) bond motifs is 1. The number of thioether (sulfide) groups is 1. The zero-order valence-electron chi connectivity index (χ0n) is 16.2. The second kappa shape index (κ2) is 9.62. The Bertz CT molecular complexity index is 582. The van der Waals surface area contributed by atoms with Crippen LogP contribution in [0.4, 0.5) is 0 Å². The van der Waals surface area contributed by atoms with Gasteiger partial charge in [-0.05, 0) is 18.7 Å². The van der Waals surface area contributed by atoms with Gasteiger partial charge in [0.15, 0.2) is 5.96 Å². The van der Waals surface area contributed by atoms with Crippen LogP contribution >= 0.6 is 11.8 Å². The van der Waals surface area contributed by atoms with Crippen LogP contribution in [-0.4, -0.2) is 78.7 Å². The third kappa shape index (κ3) is 4.93. The molecule has 3 rings (SSSR count). The molecule has 0 bridgehead atoms. The van der Waals surface area contributed by atoms with Crippen molar-refractivity contribution < 1.29 is 4.74 Å². The van der Waals surface area contributed by atoms with Crippen LogP contribution in [0.25, 0.3) is 0 Å². The van der Waals surface area contributed by atoms with Crippen LogP contribution in [0, 0.1) is 0 Å². The summed E-state index contributed by atoms with van der Waals surface area (Å²) in [6.45, 7) is 10.8. The average molecular weight is 377 g/mol. The van der Waals surface area contributed by atoms with Crippen LogP contribution < -0.4 is 5.32 Å². The maximum atomic E-state index is 6.10. The molecular formula is C20H32N4OS. The highest BCUT2D eigenvalue weighted by Gasteiger charge is 2.41. The van der Waals surface area contributed by atoms with Crippen molar-refractivity contribution >= 4 is 17.7 Å². The summed E-state index contributed by atoms with van der Waals surface area (Å²) >= 11 is 1.86. The molecule has 3 unspecified atom stereocenters. The zero-order valence-corrected chi connectivity index (χ0v) is 17.0. The van der Waals surface area contributed by atoms with Crippen molar-refractivity contribution in [1.29, 1.82) is 0 Å². The topological polar surface area (TPSA) is 40.1 Å². The Morgan fingerprint density at radius 1 is 1.35 bits per heavy atom. The second-order valence-corrected chi connectivity index (χ2v) is 8.35. The molecule has 1 aromatic carbocycles. The third-order valence-electron chi connectivity index (χ3n) is 5.18. The van der Waals surface area contributed by atoms with Crippen molar-refractivity contribution in [3.8, 4) is 0 Å². The molecule has 2 fully saturated rings. The van der Waals surface area contributed by atoms with Gasteiger partial charge in [0.2, 0.25) is 0 Å². The van der Waals surface area contributed by atoms with Gasteiger partial charge in [0.05, 0.1) is 25.3 Å². The number of hydrogen-bond donors (Lipinski definition) is 1. The minimum atomic E-state index is 0.272. The molecule has 1 aromatic rings. The average Bonchev–Trinajstić information content (AvgIpc) is 3.11. The number of rotatable bonds is 6. The number of benzene rings is 1. The van der Waals surface area contributed by atoms with E-state index in [1.165, 1.54) is 5.56 Å². The first-order valence-corrected chi connectivity index (χ1v) is 11.0. The van der Waals surface area contributed by atoms with Crippen LogP contribution in [0.3, 0.4) is 0 Å². The van der Waals surface area contributed by atoms with Crippen LogP contribution in [0.15, 0.2) is 35.3 Å². The van der Waals surface area contributed by atoms with E-state index in [4.69, 9.17) is 9.73 Å². The molecule has 3 atom stereocenters. The van der Waals surface area contributed by atoms with E-state index in [2.05, 4.69) is 65.6 Å². The molecule has 2 aliphatic heterocycles. The summed E-state index contributed by atoms with van der Waals surface area (Å²) in [4.78, 5) is 9.83. The van der Waals surface area contributed by atoms with Crippen molar-refractivity contribution in [2.24, 2.45) is 4.99 Å². The van der Waals surface area contributed by atoms with Crippen LogP contribution in [0.1, 0.15) is 19.4 Å². The molecule has 2 heterocycles. The van der Waals surface area contributed by atoms with Gasteiger partial charge in [-0.3, -0.25) is 9.89 Å². The van der Waals surface area contributed by atoms with Gasteiger partial charge in [0, 0.05) is 38.0 Å². The maximum absolute atomic E-state index is 6.10. The zero-order chi connectivity index (χ0) is 18.4. The molecule has 5 nitrogen and oxygen atoms in total. The Balaban J connectivity index is 1.67. The Labute approximate surface area is 162 Å². The number of morpholine rings is 1. The van der Waals surface area contributed by atoms with Gasteiger partial charge in [0.25, 0.3) is 0 Å². The van der Waals surface area contributed by atoms with Crippen molar-refractivity contribution in [2.75, 3.05) is 45.6 Å². The van der Waals surface area contributed by atoms with Gasteiger partial charge in [-0.25, -0.2) is 0 Å². The second-order valence-electron chi connectivity index (χ2n) is 7.08. The van der Waals surface area contributed by atoms with Crippen molar-refractivity contribution in [3.05, 3.63) is 35.9 Å². The molecule has 6 heteroatoms. The SMILES string of the molecule is CCNC(=NCC(C)SC)N1CC2OCCN(Cc3ccccc3)C2C1. The highest BCUT2D eigenvalue weighted by atomic mass is 32.2. The molecule has 0 saturated carbocycles. The number of nitrogens with zero attached hydrogens (tertiary/aromatic N) is 3. The largest absolute Gasteiger partial charge is 0.373 e. The number of likely N-dealkylation sites (tertiary alicyclic amines) is 1. The van der Waals surface area contributed by atoms with E-state index >= 15 is 0 Å². The maximum Gasteiger partial charge on any atom is 0.194 e. The van der Waals surface area contributed by atoms with Crippen LogP contribution in [0.5, 0.6) is 0 Å². The summed E-state index contributed by atoms with van der Waals surface area (Å²) in [5.74, 6) is 1.03. The number of guanidine groups is 1. The molecule has 2 saturated heterocycles. The number of nitrogens with one attached hydrogen (secondary N) is 1. The normalized spacial score (nSPS) is 25.2. The molecule has 144 valence electrons. The summed E-state index contributed by atoms with van der Waals surface area (Å²) in [7, 11) is 0. The van der Waals surface area contributed by atoms with E-state index in [1.807, 2.05) is 11.8 Å². The third-order valence-corrected chi connectivity index (χ3v) is 6.13. The Morgan fingerprint density at radius 2 is 2.15 bits per heavy atom. The van der Waals surface area contributed by atoms with Gasteiger partial charge in [-0.15, -0.1) is 0 Å². The molecule has 0 amide bonds. The summed E-state index contributed by atoms with van der Waals surface area (Å²) in [6, 6.07) is 11.2. The van der Waals surface area contributed by atoms with Gasteiger partial charge in [-0.1, -0.05) is 37.3 Å². The molecule has 0 aliphatic carbocycles. The van der Waals surface area contributed by atoms with Crippen LogP contribution in [-0.2, 0) is 11.3 Å². The quantitative estimate of drug-likeness (QED) is 0.609. The highest BCUT2D eigenvalue weighted by Crippen LogP contribution is 2.24. The fraction of sp³-hybridized carbons (Fsp3) is 0.650. The summed E-state index contributed by atoms with van der Waals surface area (Å²) in [5.41, 5.74) is 1.38. The number of ether oxygens (including phenoxy) is 1. The van der Waals surface area contributed by atoms with Gasteiger partial charge in [0.1, 0.15) is 0 Å². The molecule has 1 N–H and O–H groups in total. The van der Waals surface area contributed by atoms with Crippen LogP contribution in [0.2, 0.25) is 0 Å². The fourth-order valence-electron chi connectivity index (χ4n) is 3.66. The first-order chi connectivity index (χ1) is 12.7. The highest BCUT2D eigenvalue weighted by molar-refractivity contribution is 7.99. The van der Waals surface area contributed by atoms with E-state index in [0.717, 1.165) is 51.8 Å². The number of hydrogen-bond acceptors (Lipinski definition) is 4. The standard InChI is InChI=1S/C20H32N4OS/c1-4-21-20(22-12-16(2)26-3)24-14-18-19(15-24)25-11-10-23(18)13-17-8-6-5-7-9-17/h5-9,16,18-19H,4,10-15H2,1-3H3,(H,21,22). The molecular weight excluding hydrogens is 344 g/mol.